The van der Waals surface area contributed by atoms with Crippen LogP contribution in [0.4, 0.5) is 0 Å². The van der Waals surface area contributed by atoms with E-state index < -0.39 is 0 Å². The first kappa shape index (κ1) is 16.3. The Hall–Kier alpha value is -2.08. The predicted octanol–water partition coefficient (Wildman–Crippen LogP) is 0.687. The second-order valence-corrected chi connectivity index (χ2v) is 5.40. The van der Waals surface area contributed by atoms with Gasteiger partial charge in [0.1, 0.15) is 6.04 Å². The number of hydrogen-bond donors (Lipinski definition) is 2. The van der Waals surface area contributed by atoms with Gasteiger partial charge in [-0.25, -0.2) is 0 Å². The Morgan fingerprint density at radius 3 is 2.77 bits per heavy atom. The minimum atomic E-state index is -0.358. The SMILES string of the molecule is C=C/C=C(\C=C(/C)NC1CCC(=O)NC1=O)N1CCOCC1. The van der Waals surface area contributed by atoms with Crippen LogP contribution in [0.1, 0.15) is 19.8 Å². The molecule has 0 aliphatic carbocycles. The number of morpholine rings is 1. The van der Waals surface area contributed by atoms with Gasteiger partial charge in [-0.1, -0.05) is 12.7 Å². The molecule has 0 aromatic carbocycles. The first-order valence-corrected chi connectivity index (χ1v) is 7.54. The largest absolute Gasteiger partial charge is 0.378 e. The Labute approximate surface area is 130 Å². The minimum absolute atomic E-state index is 0.203. The van der Waals surface area contributed by atoms with Crippen molar-refractivity contribution in [1.29, 1.82) is 0 Å². The molecule has 0 saturated carbocycles. The van der Waals surface area contributed by atoms with Crippen molar-refractivity contribution < 1.29 is 14.3 Å². The fraction of sp³-hybridized carbons (Fsp3) is 0.500. The average Bonchev–Trinajstić information content (AvgIpc) is 2.50. The van der Waals surface area contributed by atoms with Gasteiger partial charge in [0.2, 0.25) is 11.8 Å². The third kappa shape index (κ3) is 4.46. The van der Waals surface area contributed by atoms with E-state index >= 15 is 0 Å². The maximum Gasteiger partial charge on any atom is 0.249 e. The van der Waals surface area contributed by atoms with Crippen molar-refractivity contribution in [2.75, 3.05) is 26.3 Å². The summed E-state index contributed by atoms with van der Waals surface area (Å²) in [7, 11) is 0. The van der Waals surface area contributed by atoms with Gasteiger partial charge in [0, 0.05) is 30.9 Å². The molecule has 6 heteroatoms. The molecule has 2 saturated heterocycles. The molecular weight excluding hydrogens is 282 g/mol. The quantitative estimate of drug-likeness (QED) is 0.577. The molecule has 2 heterocycles. The van der Waals surface area contributed by atoms with E-state index in [-0.39, 0.29) is 17.9 Å². The Bertz CT molecular complexity index is 505. The van der Waals surface area contributed by atoms with Crippen LogP contribution in [-0.2, 0) is 14.3 Å². The van der Waals surface area contributed by atoms with Crippen molar-refractivity contribution in [2.45, 2.75) is 25.8 Å². The fourth-order valence-corrected chi connectivity index (χ4v) is 2.56. The maximum atomic E-state index is 11.8. The molecule has 6 nitrogen and oxygen atoms in total. The first-order valence-electron chi connectivity index (χ1n) is 7.54. The summed E-state index contributed by atoms with van der Waals surface area (Å²) in [5.74, 6) is -0.463. The van der Waals surface area contributed by atoms with Crippen molar-refractivity contribution in [3.63, 3.8) is 0 Å². The topological polar surface area (TPSA) is 70.7 Å². The molecule has 1 atom stereocenters. The van der Waals surface area contributed by atoms with Crippen molar-refractivity contribution in [1.82, 2.24) is 15.5 Å². The van der Waals surface area contributed by atoms with E-state index in [9.17, 15) is 9.59 Å². The number of amides is 2. The van der Waals surface area contributed by atoms with E-state index in [1.54, 1.807) is 6.08 Å². The maximum absolute atomic E-state index is 11.8. The number of carbonyl (C=O) groups excluding carboxylic acids is 2. The lowest BCUT2D eigenvalue weighted by Gasteiger charge is -2.30. The van der Waals surface area contributed by atoms with E-state index in [0.717, 1.165) is 24.5 Å². The molecular formula is C16H23N3O3. The van der Waals surface area contributed by atoms with Crippen LogP contribution < -0.4 is 10.6 Å². The lowest BCUT2D eigenvalue weighted by molar-refractivity contribution is -0.134. The first-order chi connectivity index (χ1) is 10.6. The van der Waals surface area contributed by atoms with Gasteiger partial charge in [0.25, 0.3) is 0 Å². The van der Waals surface area contributed by atoms with E-state index in [1.807, 2.05) is 19.1 Å². The number of imide groups is 1. The van der Waals surface area contributed by atoms with Gasteiger partial charge in [-0.2, -0.15) is 0 Å². The molecule has 2 fully saturated rings. The van der Waals surface area contributed by atoms with Crippen LogP contribution in [0.2, 0.25) is 0 Å². The van der Waals surface area contributed by atoms with E-state index in [1.165, 1.54) is 0 Å². The molecule has 2 N–H and O–H groups in total. The normalized spacial score (nSPS) is 24.0. The third-order valence-electron chi connectivity index (χ3n) is 3.67. The second kappa shape index (κ2) is 7.79. The molecule has 22 heavy (non-hydrogen) atoms. The molecule has 0 radical (unpaired) electrons. The standard InChI is InChI=1S/C16H23N3O3/c1-3-4-13(19-7-9-22-10-8-19)11-12(2)17-14-5-6-15(20)18-16(14)21/h3-4,11,14,17H,1,5-10H2,2H3,(H,18,20,21)/b12-11+,13-4+. The smallest absolute Gasteiger partial charge is 0.249 e. The molecule has 0 aromatic heterocycles. The summed E-state index contributed by atoms with van der Waals surface area (Å²) in [4.78, 5) is 25.2. The van der Waals surface area contributed by atoms with Crippen molar-refractivity contribution in [2.24, 2.45) is 0 Å². The Morgan fingerprint density at radius 2 is 2.14 bits per heavy atom. The van der Waals surface area contributed by atoms with Gasteiger partial charge in [-0.15, -0.1) is 0 Å². The summed E-state index contributed by atoms with van der Waals surface area (Å²) in [6.07, 6.45) is 6.58. The Morgan fingerprint density at radius 1 is 1.41 bits per heavy atom. The van der Waals surface area contributed by atoms with Crippen molar-refractivity contribution >= 4 is 11.8 Å². The number of rotatable bonds is 5. The van der Waals surface area contributed by atoms with E-state index in [4.69, 9.17) is 4.74 Å². The molecule has 1 unspecified atom stereocenters. The zero-order valence-corrected chi connectivity index (χ0v) is 12.9. The van der Waals surface area contributed by atoms with Gasteiger partial charge in [-0.05, 0) is 25.5 Å². The number of ether oxygens (including phenoxy) is 1. The summed E-state index contributed by atoms with van der Waals surface area (Å²) < 4.78 is 5.36. The molecule has 0 aromatic rings. The minimum Gasteiger partial charge on any atom is -0.378 e. The van der Waals surface area contributed by atoms with Gasteiger partial charge in [0.15, 0.2) is 0 Å². The van der Waals surface area contributed by atoms with E-state index in [2.05, 4.69) is 22.1 Å². The molecule has 2 amide bonds. The number of nitrogens with one attached hydrogen (secondary N) is 2. The van der Waals surface area contributed by atoms with Gasteiger partial charge < -0.3 is 15.0 Å². The van der Waals surface area contributed by atoms with E-state index in [0.29, 0.717) is 26.1 Å². The Kier molecular flexibility index (Phi) is 5.77. The monoisotopic (exact) mass is 305 g/mol. The number of nitrogens with zero attached hydrogens (tertiary/aromatic N) is 1. The van der Waals surface area contributed by atoms with Crippen LogP contribution in [0.15, 0.2) is 36.2 Å². The summed E-state index contributed by atoms with van der Waals surface area (Å²) >= 11 is 0. The molecule has 120 valence electrons. The summed E-state index contributed by atoms with van der Waals surface area (Å²) in [5.41, 5.74) is 1.92. The number of hydrogen-bond acceptors (Lipinski definition) is 5. The van der Waals surface area contributed by atoms with Crippen LogP contribution in [0, 0.1) is 0 Å². The summed E-state index contributed by atoms with van der Waals surface area (Å²) in [5, 5.41) is 5.53. The summed E-state index contributed by atoms with van der Waals surface area (Å²) in [6, 6.07) is -0.358. The fourth-order valence-electron chi connectivity index (χ4n) is 2.56. The highest BCUT2D eigenvalue weighted by molar-refractivity contribution is 6.00. The lowest BCUT2D eigenvalue weighted by Crippen LogP contribution is -2.50. The lowest BCUT2D eigenvalue weighted by atomic mass is 10.1. The van der Waals surface area contributed by atoms with Gasteiger partial charge >= 0.3 is 0 Å². The molecule has 2 aliphatic heterocycles. The highest BCUT2D eigenvalue weighted by atomic mass is 16.5. The number of piperidine rings is 1. The molecule has 0 spiro atoms. The van der Waals surface area contributed by atoms with Crippen LogP contribution >= 0.6 is 0 Å². The molecule has 0 bridgehead atoms. The van der Waals surface area contributed by atoms with Crippen molar-refractivity contribution in [3.05, 3.63) is 36.2 Å². The Balaban J connectivity index is 2.01. The highest BCUT2D eigenvalue weighted by Gasteiger charge is 2.26. The zero-order valence-electron chi connectivity index (χ0n) is 12.9. The van der Waals surface area contributed by atoms with Crippen LogP contribution in [-0.4, -0.2) is 49.1 Å². The second-order valence-electron chi connectivity index (χ2n) is 5.40. The van der Waals surface area contributed by atoms with Gasteiger partial charge in [-0.3, -0.25) is 14.9 Å². The number of carbonyl (C=O) groups is 2. The van der Waals surface area contributed by atoms with Crippen LogP contribution in [0.25, 0.3) is 0 Å². The zero-order chi connectivity index (χ0) is 15.9. The molecule has 2 rings (SSSR count). The van der Waals surface area contributed by atoms with Crippen molar-refractivity contribution in [3.8, 4) is 0 Å². The van der Waals surface area contributed by atoms with Gasteiger partial charge in [0.05, 0.1) is 13.2 Å². The summed E-state index contributed by atoms with van der Waals surface area (Å²) in [6.45, 7) is 8.76. The predicted molar refractivity (Wildman–Crippen MR) is 83.7 cm³/mol. The van der Waals surface area contributed by atoms with Crippen LogP contribution in [0.3, 0.4) is 0 Å². The third-order valence-corrected chi connectivity index (χ3v) is 3.67. The average molecular weight is 305 g/mol. The molecule has 2 aliphatic rings. The van der Waals surface area contributed by atoms with Crippen LogP contribution in [0.5, 0.6) is 0 Å². The number of allylic oxidation sites excluding steroid dienone is 4. The highest BCUT2D eigenvalue weighted by Crippen LogP contribution is 2.13.